The number of nitrogens with two attached hydrogens (primary N) is 1. The maximum atomic E-state index is 7.14. The summed E-state index contributed by atoms with van der Waals surface area (Å²) < 4.78 is 12.3. The number of nitrogens with one attached hydrogen (secondary N) is 1. The molecule has 1 fully saturated rings. The first kappa shape index (κ1) is 9.12. The number of ether oxygens (including phenoxy) is 1. The zero-order chi connectivity index (χ0) is 8.10. The second-order valence-electron chi connectivity index (χ2n) is 2.59. The van der Waals surface area contributed by atoms with Gasteiger partial charge in [-0.2, -0.15) is 0 Å². The second-order valence-corrected chi connectivity index (χ2v) is 3.85. The van der Waals surface area contributed by atoms with Crippen molar-refractivity contribution in [2.24, 2.45) is 5.14 Å². The minimum atomic E-state index is -0.650. The Kier molecular flexibility index (Phi) is 3.99. The van der Waals surface area contributed by atoms with Gasteiger partial charge in [-0.15, -0.1) is 0 Å². The molecular weight excluding hydrogens is 162 g/mol. The van der Waals surface area contributed by atoms with Crippen LogP contribution in [0, 0.1) is 4.78 Å². The van der Waals surface area contributed by atoms with Crippen molar-refractivity contribution >= 4 is 10.9 Å². The van der Waals surface area contributed by atoms with Crippen molar-refractivity contribution in [2.45, 2.75) is 0 Å². The molecule has 0 aliphatic carbocycles. The third kappa shape index (κ3) is 3.81. The topological polar surface area (TPSA) is 62.3 Å². The molecule has 4 nitrogen and oxygen atoms in total. The molecule has 1 heterocycles. The third-order valence-electron chi connectivity index (χ3n) is 1.73. The summed E-state index contributed by atoms with van der Waals surface area (Å²) >= 11 is 0. The van der Waals surface area contributed by atoms with Crippen molar-refractivity contribution in [3.63, 3.8) is 0 Å². The van der Waals surface area contributed by atoms with Crippen molar-refractivity contribution in [1.82, 2.24) is 4.90 Å². The molecule has 0 bridgehead atoms. The Morgan fingerprint density at radius 3 is 2.64 bits per heavy atom. The van der Waals surface area contributed by atoms with Crippen molar-refractivity contribution in [3.8, 4) is 0 Å². The lowest BCUT2D eigenvalue weighted by atomic mass is 10.4. The first-order chi connectivity index (χ1) is 5.29. The molecule has 1 unspecified atom stereocenters. The molecule has 1 atom stereocenters. The Balaban J connectivity index is 2.09. The summed E-state index contributed by atoms with van der Waals surface area (Å²) in [6.07, 6.45) is 0. The van der Waals surface area contributed by atoms with Gasteiger partial charge in [0.15, 0.2) is 0 Å². The van der Waals surface area contributed by atoms with Crippen LogP contribution in [0.2, 0.25) is 0 Å². The Labute approximate surface area is 69.7 Å². The first-order valence-electron chi connectivity index (χ1n) is 3.75. The summed E-state index contributed by atoms with van der Waals surface area (Å²) in [6.45, 7) is 4.60. The number of morpholine rings is 1. The summed E-state index contributed by atoms with van der Waals surface area (Å²) in [5.74, 6) is 0.792. The van der Waals surface area contributed by atoms with Crippen LogP contribution in [0.5, 0.6) is 0 Å². The van der Waals surface area contributed by atoms with Crippen molar-refractivity contribution in [1.29, 1.82) is 4.78 Å². The highest BCUT2D eigenvalue weighted by molar-refractivity contribution is 7.83. The van der Waals surface area contributed by atoms with E-state index in [1.165, 1.54) is 0 Å². The van der Waals surface area contributed by atoms with E-state index in [0.29, 0.717) is 0 Å². The van der Waals surface area contributed by atoms with Crippen LogP contribution in [0.3, 0.4) is 0 Å². The maximum absolute atomic E-state index is 7.14. The summed E-state index contributed by atoms with van der Waals surface area (Å²) in [5.41, 5.74) is 0. The van der Waals surface area contributed by atoms with E-state index in [2.05, 4.69) is 4.90 Å². The van der Waals surface area contributed by atoms with Crippen LogP contribution in [0.1, 0.15) is 0 Å². The molecule has 1 aliphatic rings. The van der Waals surface area contributed by atoms with E-state index in [-0.39, 0.29) is 0 Å². The standard InChI is InChI=1S/C6H15N3OS/c7-11(8)6-3-9-1-4-10-5-2-9/h1-6H2,(H3,7,8). The highest BCUT2D eigenvalue weighted by Gasteiger charge is 2.08. The highest BCUT2D eigenvalue weighted by atomic mass is 32.2. The van der Waals surface area contributed by atoms with E-state index >= 15 is 0 Å². The Hall–Kier alpha value is 0.0300. The summed E-state index contributed by atoms with van der Waals surface area (Å²) in [4.78, 5) is 2.30. The minimum absolute atomic E-state index is 0.650. The molecule has 66 valence electrons. The normalized spacial score (nSPS) is 23.4. The molecule has 0 aromatic rings. The number of nitrogens with zero attached hydrogens (tertiary/aromatic N) is 1. The van der Waals surface area contributed by atoms with Gasteiger partial charge in [-0.05, 0) is 10.9 Å². The Morgan fingerprint density at radius 1 is 1.45 bits per heavy atom. The molecule has 1 rings (SSSR count). The lowest BCUT2D eigenvalue weighted by Crippen LogP contribution is -2.38. The molecular formula is C6H15N3OS. The van der Waals surface area contributed by atoms with Crippen LogP contribution in [0.4, 0.5) is 0 Å². The summed E-state index contributed by atoms with van der Waals surface area (Å²) in [6, 6.07) is 0. The predicted octanol–water partition coefficient (Wildman–Crippen LogP) is -0.427. The molecule has 0 aromatic carbocycles. The average Bonchev–Trinajstić information content (AvgIpc) is 2.03. The van der Waals surface area contributed by atoms with Crippen LogP contribution >= 0.6 is 0 Å². The quantitative estimate of drug-likeness (QED) is 0.615. The molecule has 0 radical (unpaired) electrons. The fraction of sp³-hybridized carbons (Fsp3) is 1.00. The maximum Gasteiger partial charge on any atom is 0.0594 e. The van der Waals surface area contributed by atoms with Gasteiger partial charge in [0.1, 0.15) is 0 Å². The van der Waals surface area contributed by atoms with E-state index in [4.69, 9.17) is 14.7 Å². The molecule has 1 aliphatic heterocycles. The van der Waals surface area contributed by atoms with Gasteiger partial charge in [-0.3, -0.25) is 14.8 Å². The predicted molar refractivity (Wildman–Crippen MR) is 46.4 cm³/mol. The van der Waals surface area contributed by atoms with Gasteiger partial charge in [0.05, 0.1) is 13.2 Å². The second kappa shape index (κ2) is 4.82. The Morgan fingerprint density at radius 2 is 2.09 bits per heavy atom. The smallest absolute Gasteiger partial charge is 0.0594 e. The molecule has 1 saturated heterocycles. The fourth-order valence-corrected chi connectivity index (χ4v) is 1.51. The monoisotopic (exact) mass is 177 g/mol. The number of rotatable bonds is 3. The molecule has 3 N–H and O–H groups in total. The summed E-state index contributed by atoms with van der Waals surface area (Å²) in [7, 11) is -0.650. The largest absolute Gasteiger partial charge is 0.379 e. The van der Waals surface area contributed by atoms with Gasteiger partial charge in [-0.25, -0.2) is 0 Å². The number of hydrogen-bond donors (Lipinski definition) is 2. The average molecular weight is 177 g/mol. The minimum Gasteiger partial charge on any atom is -0.379 e. The van der Waals surface area contributed by atoms with Crippen LogP contribution in [-0.2, 0) is 15.6 Å². The van der Waals surface area contributed by atoms with Gasteiger partial charge in [0.2, 0.25) is 0 Å². The van der Waals surface area contributed by atoms with Crippen molar-refractivity contribution in [2.75, 3.05) is 38.6 Å². The molecule has 0 spiro atoms. The van der Waals surface area contributed by atoms with Gasteiger partial charge < -0.3 is 4.74 Å². The third-order valence-corrected chi connectivity index (χ3v) is 2.35. The summed E-state index contributed by atoms with van der Waals surface area (Å²) in [5, 5.41) is 5.35. The molecule has 11 heavy (non-hydrogen) atoms. The lowest BCUT2D eigenvalue weighted by molar-refractivity contribution is 0.0409. The van der Waals surface area contributed by atoms with Gasteiger partial charge in [-0.1, -0.05) is 0 Å². The first-order valence-corrected chi connectivity index (χ1v) is 5.21. The van der Waals surface area contributed by atoms with E-state index in [9.17, 15) is 0 Å². The van der Waals surface area contributed by atoms with E-state index in [1.54, 1.807) is 0 Å². The lowest BCUT2D eigenvalue weighted by Gasteiger charge is -2.26. The van der Waals surface area contributed by atoms with E-state index in [1.807, 2.05) is 0 Å². The zero-order valence-electron chi connectivity index (χ0n) is 6.58. The van der Waals surface area contributed by atoms with Crippen LogP contribution in [0.15, 0.2) is 0 Å². The molecule has 0 amide bonds. The molecule has 5 heteroatoms. The Bertz CT molecular complexity index is 136. The number of hydrogen-bond acceptors (Lipinski definition) is 3. The molecule has 0 saturated carbocycles. The SMILES string of the molecule is N=S(N)CCN1CCOCC1. The van der Waals surface area contributed by atoms with Gasteiger partial charge in [0, 0.05) is 25.4 Å². The van der Waals surface area contributed by atoms with Gasteiger partial charge >= 0.3 is 0 Å². The fourth-order valence-electron chi connectivity index (χ4n) is 1.05. The van der Waals surface area contributed by atoms with Gasteiger partial charge in [0.25, 0.3) is 0 Å². The van der Waals surface area contributed by atoms with Crippen LogP contribution in [0.25, 0.3) is 0 Å². The van der Waals surface area contributed by atoms with Crippen LogP contribution < -0.4 is 5.14 Å². The molecule has 0 aromatic heterocycles. The van der Waals surface area contributed by atoms with Crippen molar-refractivity contribution < 1.29 is 4.74 Å². The van der Waals surface area contributed by atoms with E-state index < -0.39 is 10.9 Å². The zero-order valence-corrected chi connectivity index (χ0v) is 7.40. The van der Waals surface area contributed by atoms with Crippen molar-refractivity contribution in [3.05, 3.63) is 0 Å². The van der Waals surface area contributed by atoms with Crippen LogP contribution in [-0.4, -0.2) is 43.5 Å². The highest BCUT2D eigenvalue weighted by Crippen LogP contribution is 1.95. The van der Waals surface area contributed by atoms with E-state index in [0.717, 1.165) is 38.6 Å².